The topological polar surface area (TPSA) is 37.3 Å². The van der Waals surface area contributed by atoms with Gasteiger partial charge in [0.05, 0.1) is 0 Å². The van der Waals surface area contributed by atoms with E-state index in [1.807, 2.05) is 0 Å². The maximum atomic E-state index is 12.6. The predicted molar refractivity (Wildman–Crippen MR) is 39.7 cm³/mol. The van der Waals surface area contributed by atoms with Crippen molar-refractivity contribution in [3.05, 3.63) is 0 Å². The summed E-state index contributed by atoms with van der Waals surface area (Å²) < 4.78 is 22.8. The first-order chi connectivity index (χ1) is 5.15. The summed E-state index contributed by atoms with van der Waals surface area (Å²) in [5.74, 6) is -4.72. The molecule has 12 heavy (non-hydrogen) atoms. The zero-order chi connectivity index (χ0) is 9.78. The molecule has 0 bridgehead atoms. The van der Waals surface area contributed by atoms with Crippen molar-refractivity contribution in [3.63, 3.8) is 0 Å². The van der Waals surface area contributed by atoms with Crippen LogP contribution in [0.2, 0.25) is 0 Å². The van der Waals surface area contributed by atoms with Crippen LogP contribution in [-0.2, 0) is 4.79 Å². The number of carbonyl (C=O) groups is 1. The highest BCUT2D eigenvalue weighted by molar-refractivity contribution is 6.51. The van der Waals surface area contributed by atoms with Gasteiger partial charge in [-0.3, -0.25) is 4.79 Å². The monoisotopic (exact) mass is 218 g/mol. The van der Waals surface area contributed by atoms with E-state index in [0.717, 1.165) is 6.92 Å². The van der Waals surface area contributed by atoms with Gasteiger partial charge in [-0.2, -0.15) is 0 Å². The summed E-state index contributed by atoms with van der Waals surface area (Å²) in [6.07, 6.45) is -0.817. The second kappa shape index (κ2) is 2.23. The molecule has 0 radical (unpaired) electrons. The molecule has 1 aliphatic rings. The van der Waals surface area contributed by atoms with Gasteiger partial charge in [0.15, 0.2) is 4.33 Å². The average molecular weight is 219 g/mol. The van der Waals surface area contributed by atoms with Gasteiger partial charge in [-0.05, 0) is 6.92 Å². The van der Waals surface area contributed by atoms with E-state index in [2.05, 4.69) is 0 Å². The number of hydrogen-bond donors (Lipinski definition) is 1. The van der Waals surface area contributed by atoms with Gasteiger partial charge in [-0.15, -0.1) is 0 Å². The highest BCUT2D eigenvalue weighted by Gasteiger charge is 2.77. The van der Waals surface area contributed by atoms with E-state index >= 15 is 0 Å². The molecule has 0 spiro atoms. The molecule has 0 aromatic heterocycles. The molecule has 0 aromatic carbocycles. The third kappa shape index (κ3) is 0.879. The molecular weight excluding hydrogens is 213 g/mol. The summed E-state index contributed by atoms with van der Waals surface area (Å²) >= 11 is 10.5. The first-order valence-electron chi connectivity index (χ1n) is 3.14. The first-order valence-corrected chi connectivity index (χ1v) is 3.90. The van der Waals surface area contributed by atoms with E-state index in [1.54, 1.807) is 0 Å². The second-order valence-corrected chi connectivity index (χ2v) is 4.42. The lowest BCUT2D eigenvalue weighted by molar-refractivity contribution is -0.195. The maximum absolute atomic E-state index is 12.6. The lowest BCUT2D eigenvalue weighted by Gasteiger charge is -2.52. The van der Waals surface area contributed by atoms with E-state index < -0.39 is 28.1 Å². The van der Waals surface area contributed by atoms with Gasteiger partial charge in [0.2, 0.25) is 0 Å². The minimum atomic E-state index is -3.32. The highest BCUT2D eigenvalue weighted by atomic mass is 35.5. The molecule has 0 heterocycles. The summed E-state index contributed by atoms with van der Waals surface area (Å²) in [4.78, 5) is 10.5. The van der Waals surface area contributed by atoms with Crippen molar-refractivity contribution in [2.75, 3.05) is 0 Å². The lowest BCUT2D eigenvalue weighted by Crippen LogP contribution is -2.67. The quantitative estimate of drug-likeness (QED) is 0.687. The Kier molecular flexibility index (Phi) is 1.86. The van der Waals surface area contributed by atoms with E-state index in [9.17, 15) is 13.6 Å². The number of alkyl halides is 4. The largest absolute Gasteiger partial charge is 0.481 e. The van der Waals surface area contributed by atoms with Gasteiger partial charge in [0.25, 0.3) is 5.92 Å². The Morgan fingerprint density at radius 1 is 1.50 bits per heavy atom. The van der Waals surface area contributed by atoms with Crippen molar-refractivity contribution in [3.8, 4) is 0 Å². The van der Waals surface area contributed by atoms with Crippen molar-refractivity contribution in [2.45, 2.75) is 23.6 Å². The minimum absolute atomic E-state index is 0.817. The Hall–Kier alpha value is -0.0900. The molecule has 6 heteroatoms. The molecule has 1 atom stereocenters. The molecule has 1 unspecified atom stereocenters. The third-order valence-electron chi connectivity index (χ3n) is 2.20. The van der Waals surface area contributed by atoms with Gasteiger partial charge in [-0.1, -0.05) is 23.2 Å². The fourth-order valence-electron chi connectivity index (χ4n) is 1.17. The van der Waals surface area contributed by atoms with Gasteiger partial charge in [-0.25, -0.2) is 8.78 Å². The summed E-state index contributed by atoms with van der Waals surface area (Å²) in [7, 11) is 0. The van der Waals surface area contributed by atoms with Crippen molar-refractivity contribution < 1.29 is 18.7 Å². The normalized spacial score (nSPS) is 37.1. The van der Waals surface area contributed by atoms with Crippen LogP contribution < -0.4 is 0 Å². The number of aliphatic carboxylic acids is 1. The summed E-state index contributed by atoms with van der Waals surface area (Å²) in [6, 6.07) is 0. The van der Waals surface area contributed by atoms with E-state index in [1.165, 1.54) is 0 Å². The molecule has 1 aliphatic carbocycles. The van der Waals surface area contributed by atoms with Crippen LogP contribution in [0.25, 0.3) is 0 Å². The van der Waals surface area contributed by atoms with Crippen molar-refractivity contribution in [1.29, 1.82) is 0 Å². The summed E-state index contributed by atoms with van der Waals surface area (Å²) in [6.45, 7) is 1.10. The molecule has 1 saturated carbocycles. The van der Waals surface area contributed by atoms with Crippen LogP contribution in [0.1, 0.15) is 13.3 Å². The second-order valence-electron chi connectivity index (χ2n) is 3.09. The first kappa shape index (κ1) is 9.99. The standard InChI is InChI=1S/C6H6Cl2F2O2/c1-4(3(11)12)2-5(9,10)6(4,7)8/h2H2,1H3,(H,11,12). The Bertz CT molecular complexity index is 242. The minimum Gasteiger partial charge on any atom is -0.481 e. The van der Waals surface area contributed by atoms with Crippen LogP contribution in [0.15, 0.2) is 0 Å². The molecule has 1 N–H and O–H groups in total. The fraction of sp³-hybridized carbons (Fsp3) is 0.833. The molecule has 70 valence electrons. The van der Waals surface area contributed by atoms with E-state index in [4.69, 9.17) is 28.3 Å². The van der Waals surface area contributed by atoms with Crippen LogP contribution in [0.5, 0.6) is 0 Å². The Balaban J connectivity index is 2.99. The Morgan fingerprint density at radius 2 is 1.92 bits per heavy atom. The van der Waals surface area contributed by atoms with Crippen molar-refractivity contribution >= 4 is 29.2 Å². The number of carboxylic acid groups (broad SMARTS) is 1. The molecule has 0 saturated heterocycles. The predicted octanol–water partition coefficient (Wildman–Crippen LogP) is 2.29. The van der Waals surface area contributed by atoms with E-state index in [-0.39, 0.29) is 0 Å². The smallest absolute Gasteiger partial charge is 0.312 e. The summed E-state index contributed by atoms with van der Waals surface area (Å²) in [5, 5.41) is 8.56. The van der Waals surface area contributed by atoms with Crippen LogP contribution in [0.4, 0.5) is 8.78 Å². The van der Waals surface area contributed by atoms with Crippen LogP contribution >= 0.6 is 23.2 Å². The van der Waals surface area contributed by atoms with Crippen LogP contribution in [-0.4, -0.2) is 21.3 Å². The fourth-order valence-corrected chi connectivity index (χ4v) is 1.60. The average Bonchev–Trinajstić information content (AvgIpc) is 1.85. The molecule has 2 nitrogen and oxygen atoms in total. The van der Waals surface area contributed by atoms with E-state index in [0.29, 0.717) is 0 Å². The number of rotatable bonds is 1. The molecule has 1 fully saturated rings. The van der Waals surface area contributed by atoms with Gasteiger partial charge < -0.3 is 5.11 Å². The zero-order valence-corrected chi connectivity index (χ0v) is 7.59. The number of halogens is 4. The van der Waals surface area contributed by atoms with Crippen LogP contribution in [0.3, 0.4) is 0 Å². The number of carboxylic acids is 1. The molecule has 1 rings (SSSR count). The summed E-state index contributed by atoms with van der Waals surface area (Å²) in [5.41, 5.74) is -1.75. The Morgan fingerprint density at radius 3 is 2.00 bits per heavy atom. The van der Waals surface area contributed by atoms with Gasteiger partial charge in [0.1, 0.15) is 5.41 Å². The zero-order valence-electron chi connectivity index (χ0n) is 6.07. The molecule has 0 aromatic rings. The number of hydrogen-bond acceptors (Lipinski definition) is 1. The SMILES string of the molecule is CC1(C(=O)O)CC(F)(F)C1(Cl)Cl. The third-order valence-corrected chi connectivity index (χ3v) is 3.59. The van der Waals surface area contributed by atoms with Gasteiger partial charge in [0, 0.05) is 6.42 Å². The lowest BCUT2D eigenvalue weighted by atomic mass is 9.66. The Labute approximate surface area is 77.5 Å². The highest BCUT2D eigenvalue weighted by Crippen LogP contribution is 2.65. The molecular formula is C6H6Cl2F2O2. The molecule has 0 aliphatic heterocycles. The van der Waals surface area contributed by atoms with Gasteiger partial charge >= 0.3 is 5.97 Å². The van der Waals surface area contributed by atoms with Crippen LogP contribution in [0, 0.1) is 5.41 Å². The maximum Gasteiger partial charge on any atom is 0.312 e. The molecule has 0 amide bonds. The van der Waals surface area contributed by atoms with Crippen molar-refractivity contribution in [1.82, 2.24) is 0 Å². The van der Waals surface area contributed by atoms with Crippen molar-refractivity contribution in [2.24, 2.45) is 5.41 Å².